The topological polar surface area (TPSA) is 20.2 Å². The standard InChI is InChI=1S/C9H11FOS/c1-6-3-7(5-11)4-8(10)9(6)12-2/h3-4,11H,5H2,1-2H3. The van der Waals surface area contributed by atoms with Crippen LogP contribution in [0.4, 0.5) is 4.39 Å². The Balaban J connectivity index is 3.18. The van der Waals surface area contributed by atoms with Gasteiger partial charge in [-0.25, -0.2) is 4.39 Å². The van der Waals surface area contributed by atoms with E-state index in [1.807, 2.05) is 13.2 Å². The maximum atomic E-state index is 13.2. The number of aliphatic hydroxyl groups excluding tert-OH is 1. The second-order valence-electron chi connectivity index (χ2n) is 2.59. The second kappa shape index (κ2) is 3.92. The van der Waals surface area contributed by atoms with Gasteiger partial charge < -0.3 is 5.11 Å². The molecule has 0 aliphatic carbocycles. The number of hydrogen-bond acceptors (Lipinski definition) is 2. The van der Waals surface area contributed by atoms with E-state index in [-0.39, 0.29) is 12.4 Å². The van der Waals surface area contributed by atoms with E-state index in [1.165, 1.54) is 17.8 Å². The molecule has 0 saturated carbocycles. The maximum absolute atomic E-state index is 13.2. The molecule has 1 aromatic carbocycles. The summed E-state index contributed by atoms with van der Waals surface area (Å²) in [5.41, 5.74) is 1.51. The average Bonchev–Trinajstić information content (AvgIpc) is 2.03. The third-order valence-electron chi connectivity index (χ3n) is 1.68. The zero-order chi connectivity index (χ0) is 9.14. The molecule has 12 heavy (non-hydrogen) atoms. The quantitative estimate of drug-likeness (QED) is 0.715. The summed E-state index contributed by atoms with van der Waals surface area (Å²) < 4.78 is 13.2. The van der Waals surface area contributed by atoms with Gasteiger partial charge in [0.25, 0.3) is 0 Å². The van der Waals surface area contributed by atoms with Crippen LogP contribution in [0.1, 0.15) is 11.1 Å². The van der Waals surface area contributed by atoms with E-state index in [0.717, 1.165) is 5.56 Å². The molecule has 3 heteroatoms. The van der Waals surface area contributed by atoms with Gasteiger partial charge in [-0.15, -0.1) is 11.8 Å². The minimum Gasteiger partial charge on any atom is -0.392 e. The normalized spacial score (nSPS) is 10.3. The Kier molecular flexibility index (Phi) is 3.12. The van der Waals surface area contributed by atoms with Crippen molar-refractivity contribution in [2.45, 2.75) is 18.4 Å². The van der Waals surface area contributed by atoms with E-state index in [1.54, 1.807) is 6.07 Å². The van der Waals surface area contributed by atoms with Crippen molar-refractivity contribution in [2.24, 2.45) is 0 Å². The Morgan fingerprint density at radius 1 is 1.50 bits per heavy atom. The molecule has 0 aromatic heterocycles. The van der Waals surface area contributed by atoms with Crippen LogP contribution in [0.5, 0.6) is 0 Å². The molecule has 0 fully saturated rings. The Labute approximate surface area is 75.6 Å². The van der Waals surface area contributed by atoms with E-state index in [2.05, 4.69) is 0 Å². The highest BCUT2D eigenvalue weighted by atomic mass is 32.2. The predicted molar refractivity (Wildman–Crippen MR) is 48.8 cm³/mol. The molecule has 0 saturated heterocycles. The van der Waals surface area contributed by atoms with Gasteiger partial charge in [0, 0.05) is 4.90 Å². The van der Waals surface area contributed by atoms with Gasteiger partial charge in [-0.3, -0.25) is 0 Å². The molecule has 66 valence electrons. The molecular formula is C9H11FOS. The van der Waals surface area contributed by atoms with Crippen molar-refractivity contribution in [3.63, 3.8) is 0 Å². The van der Waals surface area contributed by atoms with Crippen LogP contribution in [0.25, 0.3) is 0 Å². The predicted octanol–water partition coefficient (Wildman–Crippen LogP) is 2.35. The van der Waals surface area contributed by atoms with Gasteiger partial charge in [0.15, 0.2) is 0 Å². The average molecular weight is 186 g/mol. The van der Waals surface area contributed by atoms with E-state index in [9.17, 15) is 4.39 Å². The molecule has 0 radical (unpaired) electrons. The summed E-state index contributed by atoms with van der Waals surface area (Å²) in [6.07, 6.45) is 1.84. The molecule has 0 aliphatic rings. The fraction of sp³-hybridized carbons (Fsp3) is 0.333. The lowest BCUT2D eigenvalue weighted by atomic mass is 10.1. The van der Waals surface area contributed by atoms with Gasteiger partial charge >= 0.3 is 0 Å². The second-order valence-corrected chi connectivity index (χ2v) is 3.40. The molecule has 0 heterocycles. The molecule has 0 aliphatic heterocycles. The van der Waals surface area contributed by atoms with Crippen LogP contribution in [-0.2, 0) is 6.61 Å². The van der Waals surface area contributed by atoms with Crippen molar-refractivity contribution in [1.82, 2.24) is 0 Å². The van der Waals surface area contributed by atoms with E-state index >= 15 is 0 Å². The fourth-order valence-electron chi connectivity index (χ4n) is 1.15. The van der Waals surface area contributed by atoms with Crippen molar-refractivity contribution in [3.05, 3.63) is 29.1 Å². The Morgan fingerprint density at radius 2 is 2.17 bits per heavy atom. The molecule has 0 atom stereocenters. The van der Waals surface area contributed by atoms with E-state index in [0.29, 0.717) is 10.5 Å². The summed E-state index contributed by atoms with van der Waals surface area (Å²) in [6, 6.07) is 3.17. The Bertz CT molecular complexity index is 263. The third kappa shape index (κ3) is 1.79. The third-order valence-corrected chi connectivity index (χ3v) is 2.60. The summed E-state index contributed by atoms with van der Waals surface area (Å²) in [7, 11) is 0. The lowest BCUT2D eigenvalue weighted by molar-refractivity contribution is 0.281. The van der Waals surface area contributed by atoms with Crippen LogP contribution in [0.15, 0.2) is 17.0 Å². The Hall–Kier alpha value is -0.540. The van der Waals surface area contributed by atoms with Crippen molar-refractivity contribution >= 4 is 11.8 Å². The molecule has 0 amide bonds. The number of benzene rings is 1. The molecule has 0 spiro atoms. The van der Waals surface area contributed by atoms with Crippen LogP contribution >= 0.6 is 11.8 Å². The minimum absolute atomic E-state index is 0.105. The monoisotopic (exact) mass is 186 g/mol. The molecule has 1 aromatic rings. The zero-order valence-corrected chi connectivity index (χ0v) is 7.91. The number of aryl methyl sites for hydroxylation is 1. The van der Waals surface area contributed by atoms with Crippen LogP contribution < -0.4 is 0 Å². The first-order valence-corrected chi connectivity index (χ1v) is 4.85. The van der Waals surface area contributed by atoms with E-state index in [4.69, 9.17) is 5.11 Å². The van der Waals surface area contributed by atoms with Crippen molar-refractivity contribution in [2.75, 3.05) is 6.26 Å². The van der Waals surface area contributed by atoms with Gasteiger partial charge in [-0.2, -0.15) is 0 Å². The van der Waals surface area contributed by atoms with Gasteiger partial charge in [-0.1, -0.05) is 6.07 Å². The van der Waals surface area contributed by atoms with Gasteiger partial charge in [-0.05, 0) is 30.4 Å². The number of rotatable bonds is 2. The highest BCUT2D eigenvalue weighted by Gasteiger charge is 2.05. The number of hydrogen-bond donors (Lipinski definition) is 1. The van der Waals surface area contributed by atoms with Crippen molar-refractivity contribution in [1.29, 1.82) is 0 Å². The van der Waals surface area contributed by atoms with Crippen LogP contribution in [0.3, 0.4) is 0 Å². The number of thioether (sulfide) groups is 1. The summed E-state index contributed by atoms with van der Waals surface area (Å²) in [5, 5.41) is 8.78. The van der Waals surface area contributed by atoms with Crippen molar-refractivity contribution in [3.8, 4) is 0 Å². The highest BCUT2D eigenvalue weighted by Crippen LogP contribution is 2.24. The van der Waals surface area contributed by atoms with Crippen LogP contribution in [0.2, 0.25) is 0 Å². The molecular weight excluding hydrogens is 175 g/mol. The first-order chi connectivity index (χ1) is 5.69. The SMILES string of the molecule is CSc1c(C)cc(CO)cc1F. The largest absolute Gasteiger partial charge is 0.392 e. The Morgan fingerprint density at radius 3 is 2.58 bits per heavy atom. The summed E-state index contributed by atoms with van der Waals surface area (Å²) in [6.45, 7) is 1.74. The number of halogens is 1. The first kappa shape index (κ1) is 9.55. The summed E-state index contributed by atoms with van der Waals surface area (Å²) in [5.74, 6) is -0.244. The fourth-order valence-corrected chi connectivity index (χ4v) is 1.79. The maximum Gasteiger partial charge on any atom is 0.137 e. The lowest BCUT2D eigenvalue weighted by Crippen LogP contribution is -1.91. The summed E-state index contributed by atoms with van der Waals surface area (Å²) >= 11 is 1.38. The van der Waals surface area contributed by atoms with Crippen LogP contribution in [-0.4, -0.2) is 11.4 Å². The van der Waals surface area contributed by atoms with E-state index < -0.39 is 0 Å². The van der Waals surface area contributed by atoms with Crippen molar-refractivity contribution < 1.29 is 9.50 Å². The van der Waals surface area contributed by atoms with Gasteiger partial charge in [0.2, 0.25) is 0 Å². The van der Waals surface area contributed by atoms with Gasteiger partial charge in [0.05, 0.1) is 6.61 Å². The summed E-state index contributed by atoms with van der Waals surface area (Å²) in [4.78, 5) is 0.659. The first-order valence-electron chi connectivity index (χ1n) is 3.63. The smallest absolute Gasteiger partial charge is 0.137 e. The molecule has 0 unspecified atom stereocenters. The minimum atomic E-state index is -0.244. The molecule has 1 N–H and O–H groups in total. The highest BCUT2D eigenvalue weighted by molar-refractivity contribution is 7.98. The molecule has 1 nitrogen and oxygen atoms in total. The molecule has 0 bridgehead atoms. The van der Waals surface area contributed by atoms with Gasteiger partial charge in [0.1, 0.15) is 5.82 Å². The zero-order valence-electron chi connectivity index (χ0n) is 7.10. The van der Waals surface area contributed by atoms with Crippen LogP contribution in [0, 0.1) is 12.7 Å². The molecule has 1 rings (SSSR count). The number of aliphatic hydroxyl groups is 1. The lowest BCUT2D eigenvalue weighted by Gasteiger charge is -2.05.